The highest BCUT2D eigenvalue weighted by Gasteiger charge is 2.22. The first-order valence-electron chi connectivity index (χ1n) is 5.69. The second-order valence-corrected chi connectivity index (χ2v) is 5.70. The van der Waals surface area contributed by atoms with Crippen LogP contribution < -0.4 is 14.2 Å². The molecule has 0 saturated heterocycles. The van der Waals surface area contributed by atoms with Crippen LogP contribution in [-0.4, -0.2) is 21.3 Å². The van der Waals surface area contributed by atoms with Crippen molar-refractivity contribution in [3.63, 3.8) is 0 Å². The summed E-state index contributed by atoms with van der Waals surface area (Å²) in [5, 5.41) is 2.05. The third-order valence-electron chi connectivity index (χ3n) is 2.80. The lowest BCUT2D eigenvalue weighted by Gasteiger charge is -2.18. The Hall–Kier alpha value is -1.20. The molecule has 2 aromatic rings. The highest BCUT2D eigenvalue weighted by Crippen LogP contribution is 2.46. The molecule has 0 fully saturated rings. The van der Waals surface area contributed by atoms with E-state index in [0.717, 1.165) is 5.56 Å². The summed E-state index contributed by atoms with van der Waals surface area (Å²) in [5.41, 5.74) is 1.02. The van der Waals surface area contributed by atoms with Crippen LogP contribution in [0.5, 0.6) is 17.2 Å². The summed E-state index contributed by atoms with van der Waals surface area (Å²) in [7, 11) is 4.86. The SMILES string of the molecule is COc1ccc(C(Br)c2cccs2)c(OC)c1OC. The van der Waals surface area contributed by atoms with Crippen molar-refractivity contribution in [3.8, 4) is 17.2 Å². The Kier molecular flexibility index (Phi) is 4.71. The van der Waals surface area contributed by atoms with Crippen LogP contribution in [0.3, 0.4) is 0 Å². The van der Waals surface area contributed by atoms with Crippen molar-refractivity contribution >= 4 is 27.3 Å². The molecule has 0 aliphatic heterocycles. The summed E-state index contributed by atoms with van der Waals surface area (Å²) in [4.78, 5) is 1.28. The molecule has 0 radical (unpaired) electrons. The predicted molar refractivity (Wildman–Crippen MR) is 81.2 cm³/mol. The lowest BCUT2D eigenvalue weighted by molar-refractivity contribution is 0.322. The van der Waals surface area contributed by atoms with Gasteiger partial charge < -0.3 is 14.2 Å². The van der Waals surface area contributed by atoms with Gasteiger partial charge in [-0.1, -0.05) is 22.0 Å². The summed E-state index contributed by atoms with van der Waals surface area (Å²) >= 11 is 5.40. The van der Waals surface area contributed by atoms with Crippen molar-refractivity contribution in [2.45, 2.75) is 4.83 Å². The van der Waals surface area contributed by atoms with Gasteiger partial charge in [-0.15, -0.1) is 11.3 Å². The van der Waals surface area contributed by atoms with Crippen LogP contribution >= 0.6 is 27.3 Å². The van der Waals surface area contributed by atoms with E-state index in [-0.39, 0.29) is 4.83 Å². The largest absolute Gasteiger partial charge is 0.493 e. The Balaban J connectivity index is 2.51. The normalized spacial score (nSPS) is 12.0. The van der Waals surface area contributed by atoms with Gasteiger partial charge in [-0.25, -0.2) is 0 Å². The first-order chi connectivity index (χ1) is 9.22. The van der Waals surface area contributed by atoms with Crippen LogP contribution in [0.4, 0.5) is 0 Å². The Labute approximate surface area is 125 Å². The maximum atomic E-state index is 5.50. The monoisotopic (exact) mass is 342 g/mol. The second kappa shape index (κ2) is 6.30. The number of rotatable bonds is 5. The third-order valence-corrected chi connectivity index (χ3v) is 5.03. The minimum atomic E-state index is 0.0715. The number of ether oxygens (including phenoxy) is 3. The van der Waals surface area contributed by atoms with E-state index in [1.807, 2.05) is 18.2 Å². The molecule has 1 aromatic heterocycles. The molecule has 3 nitrogen and oxygen atoms in total. The molecule has 19 heavy (non-hydrogen) atoms. The van der Waals surface area contributed by atoms with E-state index >= 15 is 0 Å². The van der Waals surface area contributed by atoms with Gasteiger partial charge in [0.2, 0.25) is 5.75 Å². The highest BCUT2D eigenvalue weighted by molar-refractivity contribution is 9.09. The summed E-state index contributed by atoms with van der Waals surface area (Å²) in [6.45, 7) is 0. The number of thiophene rings is 1. The van der Waals surface area contributed by atoms with Gasteiger partial charge in [-0.3, -0.25) is 0 Å². The zero-order chi connectivity index (χ0) is 13.8. The molecule has 0 N–H and O–H groups in total. The molecule has 1 unspecified atom stereocenters. The number of methoxy groups -OCH3 is 3. The number of halogens is 1. The molecule has 1 heterocycles. The van der Waals surface area contributed by atoms with Crippen molar-refractivity contribution in [2.24, 2.45) is 0 Å². The molecule has 0 amide bonds. The van der Waals surface area contributed by atoms with Crippen LogP contribution in [0.25, 0.3) is 0 Å². The zero-order valence-corrected chi connectivity index (χ0v) is 13.4. The number of benzene rings is 1. The van der Waals surface area contributed by atoms with Crippen molar-refractivity contribution < 1.29 is 14.2 Å². The van der Waals surface area contributed by atoms with Gasteiger partial charge >= 0.3 is 0 Å². The van der Waals surface area contributed by atoms with Gasteiger partial charge in [-0.05, 0) is 23.6 Å². The van der Waals surface area contributed by atoms with Crippen LogP contribution in [0.2, 0.25) is 0 Å². The number of hydrogen-bond donors (Lipinski definition) is 0. The van der Waals surface area contributed by atoms with Gasteiger partial charge in [0.05, 0.1) is 26.2 Å². The average Bonchev–Trinajstić information content (AvgIpc) is 2.98. The van der Waals surface area contributed by atoms with E-state index in [0.29, 0.717) is 17.2 Å². The van der Waals surface area contributed by atoms with Gasteiger partial charge in [0, 0.05) is 10.4 Å². The van der Waals surface area contributed by atoms with Gasteiger partial charge in [0.1, 0.15) is 0 Å². The minimum absolute atomic E-state index is 0.0715. The lowest BCUT2D eigenvalue weighted by atomic mass is 10.1. The summed E-state index contributed by atoms with van der Waals surface area (Å²) in [5.74, 6) is 1.97. The summed E-state index contributed by atoms with van der Waals surface area (Å²) in [6.07, 6.45) is 0. The van der Waals surface area contributed by atoms with E-state index in [1.54, 1.807) is 32.7 Å². The highest BCUT2D eigenvalue weighted by atomic mass is 79.9. The van der Waals surface area contributed by atoms with E-state index < -0.39 is 0 Å². The van der Waals surface area contributed by atoms with Crippen LogP contribution in [0.1, 0.15) is 15.3 Å². The molecule has 0 saturated carbocycles. The van der Waals surface area contributed by atoms with Gasteiger partial charge in [-0.2, -0.15) is 0 Å². The van der Waals surface area contributed by atoms with E-state index in [9.17, 15) is 0 Å². The van der Waals surface area contributed by atoms with Crippen LogP contribution in [0, 0.1) is 0 Å². The van der Waals surface area contributed by atoms with Crippen molar-refractivity contribution in [1.82, 2.24) is 0 Å². The standard InChI is InChI=1S/C14H15BrO3S/c1-16-10-7-6-9(13(17-2)14(10)18-3)12(15)11-5-4-8-19-11/h4-8,12H,1-3H3. The predicted octanol–water partition coefficient (Wildman–Crippen LogP) is 4.26. The fourth-order valence-corrected chi connectivity index (χ4v) is 3.47. The molecule has 0 spiro atoms. The van der Waals surface area contributed by atoms with Crippen LogP contribution in [-0.2, 0) is 0 Å². The van der Waals surface area contributed by atoms with Crippen molar-refractivity contribution in [3.05, 3.63) is 40.1 Å². The third kappa shape index (κ3) is 2.72. The summed E-state index contributed by atoms with van der Waals surface area (Å²) in [6, 6.07) is 7.99. The first-order valence-corrected chi connectivity index (χ1v) is 7.48. The quantitative estimate of drug-likeness (QED) is 0.760. The molecular weight excluding hydrogens is 328 g/mol. The van der Waals surface area contributed by atoms with Crippen molar-refractivity contribution in [1.29, 1.82) is 0 Å². The molecule has 1 aromatic carbocycles. The number of alkyl halides is 1. The smallest absolute Gasteiger partial charge is 0.203 e. The molecule has 1 atom stereocenters. The Bertz CT molecular complexity index is 540. The lowest BCUT2D eigenvalue weighted by Crippen LogP contribution is -2.00. The van der Waals surface area contributed by atoms with E-state index in [4.69, 9.17) is 14.2 Å². The van der Waals surface area contributed by atoms with Crippen molar-refractivity contribution in [2.75, 3.05) is 21.3 Å². The maximum absolute atomic E-state index is 5.50. The molecule has 102 valence electrons. The molecule has 0 aliphatic carbocycles. The topological polar surface area (TPSA) is 27.7 Å². The Morgan fingerprint density at radius 1 is 1.00 bits per heavy atom. The zero-order valence-electron chi connectivity index (χ0n) is 11.0. The molecule has 0 aliphatic rings. The fraction of sp³-hybridized carbons (Fsp3) is 0.286. The van der Waals surface area contributed by atoms with Gasteiger partial charge in [0.25, 0.3) is 0 Å². The minimum Gasteiger partial charge on any atom is -0.493 e. The molecular formula is C14H15BrO3S. The second-order valence-electron chi connectivity index (χ2n) is 3.80. The fourth-order valence-electron chi connectivity index (χ4n) is 1.91. The number of hydrogen-bond acceptors (Lipinski definition) is 4. The van der Waals surface area contributed by atoms with Crippen LogP contribution in [0.15, 0.2) is 29.6 Å². The molecule has 5 heteroatoms. The average molecular weight is 343 g/mol. The first kappa shape index (κ1) is 14.2. The summed E-state index contributed by atoms with van der Waals surface area (Å²) < 4.78 is 16.2. The Morgan fingerprint density at radius 3 is 2.26 bits per heavy atom. The molecule has 2 rings (SSSR count). The van der Waals surface area contributed by atoms with E-state index in [1.165, 1.54) is 4.88 Å². The maximum Gasteiger partial charge on any atom is 0.203 e. The van der Waals surface area contributed by atoms with E-state index in [2.05, 4.69) is 27.4 Å². The molecule has 0 bridgehead atoms. The van der Waals surface area contributed by atoms with Gasteiger partial charge in [0.15, 0.2) is 11.5 Å². The Morgan fingerprint density at radius 2 is 1.74 bits per heavy atom.